The van der Waals surface area contributed by atoms with E-state index in [1.165, 1.54) is 0 Å². The van der Waals surface area contributed by atoms with Crippen molar-refractivity contribution in [3.8, 4) is 0 Å². The maximum absolute atomic E-state index is 11.5. The van der Waals surface area contributed by atoms with Crippen LogP contribution in [-0.2, 0) is 22.4 Å². The SMILES string of the molecule is CC(N)C(=O)CCc1cccc(CCC(=O)C(C)N)c1. The van der Waals surface area contributed by atoms with E-state index in [4.69, 9.17) is 11.5 Å². The van der Waals surface area contributed by atoms with Crippen LogP contribution in [0.4, 0.5) is 0 Å². The Hall–Kier alpha value is -1.52. The molecule has 4 N–H and O–H groups in total. The molecule has 0 bridgehead atoms. The molecule has 2 unspecified atom stereocenters. The third-order valence-electron chi connectivity index (χ3n) is 3.33. The first-order valence-electron chi connectivity index (χ1n) is 7.04. The normalized spacial score (nSPS) is 13.8. The molecular weight excluding hydrogens is 252 g/mol. The Morgan fingerprint density at radius 3 is 1.70 bits per heavy atom. The van der Waals surface area contributed by atoms with E-state index in [-0.39, 0.29) is 11.6 Å². The summed E-state index contributed by atoms with van der Waals surface area (Å²) >= 11 is 0. The first-order valence-corrected chi connectivity index (χ1v) is 7.04. The van der Waals surface area contributed by atoms with Gasteiger partial charge in [0.2, 0.25) is 0 Å². The Balaban J connectivity index is 2.53. The molecule has 20 heavy (non-hydrogen) atoms. The van der Waals surface area contributed by atoms with Gasteiger partial charge in [0.05, 0.1) is 12.1 Å². The summed E-state index contributed by atoms with van der Waals surface area (Å²) in [7, 11) is 0. The van der Waals surface area contributed by atoms with Crippen molar-refractivity contribution in [2.24, 2.45) is 11.5 Å². The lowest BCUT2D eigenvalue weighted by Crippen LogP contribution is -2.27. The quantitative estimate of drug-likeness (QED) is 0.751. The van der Waals surface area contributed by atoms with Crippen molar-refractivity contribution >= 4 is 11.6 Å². The molecule has 0 fully saturated rings. The van der Waals surface area contributed by atoms with E-state index < -0.39 is 12.1 Å². The molecule has 0 spiro atoms. The average Bonchev–Trinajstić information content (AvgIpc) is 2.42. The van der Waals surface area contributed by atoms with Crippen molar-refractivity contribution in [3.63, 3.8) is 0 Å². The van der Waals surface area contributed by atoms with Gasteiger partial charge in [0.25, 0.3) is 0 Å². The summed E-state index contributed by atoms with van der Waals surface area (Å²) in [6.45, 7) is 3.41. The predicted molar refractivity (Wildman–Crippen MR) is 80.4 cm³/mol. The number of carbonyl (C=O) groups is 2. The van der Waals surface area contributed by atoms with Crippen molar-refractivity contribution in [1.29, 1.82) is 0 Å². The maximum atomic E-state index is 11.5. The van der Waals surface area contributed by atoms with Gasteiger partial charge in [0, 0.05) is 12.8 Å². The molecule has 1 aromatic rings. The monoisotopic (exact) mass is 276 g/mol. The van der Waals surface area contributed by atoms with E-state index in [2.05, 4.69) is 0 Å². The third kappa shape index (κ3) is 5.63. The van der Waals surface area contributed by atoms with Crippen LogP contribution in [0, 0.1) is 0 Å². The summed E-state index contributed by atoms with van der Waals surface area (Å²) in [4.78, 5) is 23.0. The highest BCUT2D eigenvalue weighted by Crippen LogP contribution is 2.11. The zero-order chi connectivity index (χ0) is 15.1. The van der Waals surface area contributed by atoms with Crippen LogP contribution in [0.15, 0.2) is 24.3 Å². The number of carbonyl (C=O) groups excluding carboxylic acids is 2. The number of nitrogens with two attached hydrogens (primary N) is 2. The van der Waals surface area contributed by atoms with E-state index in [1.54, 1.807) is 13.8 Å². The van der Waals surface area contributed by atoms with Crippen LogP contribution >= 0.6 is 0 Å². The van der Waals surface area contributed by atoms with Gasteiger partial charge in [0.1, 0.15) is 11.6 Å². The summed E-state index contributed by atoms with van der Waals surface area (Å²) < 4.78 is 0. The second-order valence-corrected chi connectivity index (χ2v) is 5.33. The van der Waals surface area contributed by atoms with Crippen molar-refractivity contribution < 1.29 is 9.59 Å². The lowest BCUT2D eigenvalue weighted by Gasteiger charge is -2.07. The van der Waals surface area contributed by atoms with Gasteiger partial charge in [0.15, 0.2) is 0 Å². The van der Waals surface area contributed by atoms with Gasteiger partial charge < -0.3 is 11.5 Å². The lowest BCUT2D eigenvalue weighted by atomic mass is 9.99. The Morgan fingerprint density at radius 1 is 0.950 bits per heavy atom. The van der Waals surface area contributed by atoms with Crippen molar-refractivity contribution in [1.82, 2.24) is 0 Å². The minimum Gasteiger partial charge on any atom is -0.322 e. The lowest BCUT2D eigenvalue weighted by molar-refractivity contribution is -0.120. The Kier molecular flexibility index (Phi) is 6.55. The van der Waals surface area contributed by atoms with E-state index in [0.717, 1.165) is 11.1 Å². The minimum atomic E-state index is -0.401. The van der Waals surface area contributed by atoms with Gasteiger partial charge in [-0.15, -0.1) is 0 Å². The molecule has 4 heteroatoms. The van der Waals surface area contributed by atoms with E-state index >= 15 is 0 Å². The molecule has 0 saturated heterocycles. The maximum Gasteiger partial charge on any atom is 0.149 e. The number of Topliss-reactive ketones (excluding diaryl/α,β-unsaturated/α-hetero) is 2. The van der Waals surface area contributed by atoms with E-state index in [1.807, 2.05) is 24.3 Å². The summed E-state index contributed by atoms with van der Waals surface area (Å²) in [5.41, 5.74) is 13.3. The molecule has 0 heterocycles. The molecule has 110 valence electrons. The zero-order valence-electron chi connectivity index (χ0n) is 12.3. The number of ketones is 2. The molecule has 0 radical (unpaired) electrons. The Morgan fingerprint density at radius 2 is 1.35 bits per heavy atom. The fourth-order valence-corrected chi connectivity index (χ4v) is 1.93. The van der Waals surface area contributed by atoms with E-state index in [9.17, 15) is 9.59 Å². The first kappa shape index (κ1) is 16.5. The van der Waals surface area contributed by atoms with Gasteiger partial charge in [-0.2, -0.15) is 0 Å². The molecule has 0 aliphatic carbocycles. The van der Waals surface area contributed by atoms with Crippen LogP contribution in [0.1, 0.15) is 37.8 Å². The highest BCUT2D eigenvalue weighted by Gasteiger charge is 2.09. The zero-order valence-corrected chi connectivity index (χ0v) is 12.3. The molecule has 0 aliphatic rings. The van der Waals surface area contributed by atoms with Crippen LogP contribution in [0.2, 0.25) is 0 Å². The van der Waals surface area contributed by atoms with Crippen LogP contribution < -0.4 is 11.5 Å². The van der Waals surface area contributed by atoms with Gasteiger partial charge >= 0.3 is 0 Å². The van der Waals surface area contributed by atoms with Crippen molar-refractivity contribution in [2.75, 3.05) is 0 Å². The Labute approximate surface area is 120 Å². The largest absolute Gasteiger partial charge is 0.322 e. The molecule has 0 aromatic heterocycles. The van der Waals surface area contributed by atoms with Crippen LogP contribution in [-0.4, -0.2) is 23.7 Å². The minimum absolute atomic E-state index is 0.0718. The summed E-state index contributed by atoms with van der Waals surface area (Å²) in [6, 6.07) is 7.18. The van der Waals surface area contributed by atoms with Crippen molar-refractivity contribution in [2.45, 2.75) is 51.6 Å². The number of hydrogen-bond donors (Lipinski definition) is 2. The highest BCUT2D eigenvalue weighted by atomic mass is 16.1. The molecular formula is C16H24N2O2. The summed E-state index contributed by atoms with van der Waals surface area (Å²) in [6.07, 6.45) is 2.30. The first-order chi connectivity index (χ1) is 9.40. The second-order valence-electron chi connectivity index (χ2n) is 5.33. The molecule has 2 atom stereocenters. The van der Waals surface area contributed by atoms with Crippen molar-refractivity contribution in [3.05, 3.63) is 35.4 Å². The Bertz CT molecular complexity index is 428. The molecule has 0 aliphatic heterocycles. The van der Waals surface area contributed by atoms with Gasteiger partial charge in [-0.3, -0.25) is 9.59 Å². The molecule has 0 saturated carbocycles. The van der Waals surface area contributed by atoms with Crippen LogP contribution in [0.3, 0.4) is 0 Å². The van der Waals surface area contributed by atoms with E-state index in [0.29, 0.717) is 25.7 Å². The average molecular weight is 276 g/mol. The summed E-state index contributed by atoms with van der Waals surface area (Å²) in [5, 5.41) is 0. The molecule has 4 nitrogen and oxygen atoms in total. The fourth-order valence-electron chi connectivity index (χ4n) is 1.93. The smallest absolute Gasteiger partial charge is 0.149 e. The topological polar surface area (TPSA) is 86.2 Å². The highest BCUT2D eigenvalue weighted by molar-refractivity contribution is 5.84. The number of benzene rings is 1. The number of aryl methyl sites for hydroxylation is 2. The van der Waals surface area contributed by atoms with Crippen LogP contribution in [0.5, 0.6) is 0 Å². The fraction of sp³-hybridized carbons (Fsp3) is 0.500. The predicted octanol–water partition coefficient (Wildman–Crippen LogP) is 1.38. The van der Waals surface area contributed by atoms with Gasteiger partial charge in [-0.25, -0.2) is 0 Å². The number of rotatable bonds is 8. The molecule has 1 rings (SSSR count). The van der Waals surface area contributed by atoms with Gasteiger partial charge in [-0.1, -0.05) is 24.3 Å². The third-order valence-corrected chi connectivity index (χ3v) is 3.33. The van der Waals surface area contributed by atoms with Crippen LogP contribution in [0.25, 0.3) is 0 Å². The number of hydrogen-bond acceptors (Lipinski definition) is 4. The summed E-state index contributed by atoms with van der Waals surface area (Å²) in [5.74, 6) is 0.144. The standard InChI is InChI=1S/C16H24N2O2/c1-11(17)15(19)8-6-13-4-3-5-14(10-13)7-9-16(20)12(2)18/h3-5,10-12H,6-9,17-18H2,1-2H3. The second kappa shape index (κ2) is 7.92. The molecule has 1 aromatic carbocycles. The molecule has 0 amide bonds. The van der Waals surface area contributed by atoms with Gasteiger partial charge in [-0.05, 0) is 37.8 Å².